The number of hydrogen-bond acceptors (Lipinski definition) is 4. The van der Waals surface area contributed by atoms with Gasteiger partial charge in [0.25, 0.3) is 11.5 Å². The number of anilines is 1. The van der Waals surface area contributed by atoms with E-state index in [0.29, 0.717) is 10.3 Å². The lowest BCUT2D eigenvalue weighted by Gasteiger charge is -2.05. The van der Waals surface area contributed by atoms with Gasteiger partial charge in [0.05, 0.1) is 5.69 Å². The summed E-state index contributed by atoms with van der Waals surface area (Å²) < 4.78 is 0.450. The number of H-pyrrole nitrogens is 2. The maximum absolute atomic E-state index is 11.8. The molecule has 1 amide bonds. The fourth-order valence-corrected chi connectivity index (χ4v) is 1.61. The van der Waals surface area contributed by atoms with Crippen molar-refractivity contribution in [1.29, 1.82) is 0 Å². The Balaban J connectivity index is 2.30. The molecule has 0 spiro atoms. The van der Waals surface area contributed by atoms with Gasteiger partial charge >= 0.3 is 5.69 Å². The van der Waals surface area contributed by atoms with Crippen LogP contribution in [0.2, 0.25) is 0 Å². The van der Waals surface area contributed by atoms with Gasteiger partial charge in [-0.25, -0.2) is 9.78 Å². The first-order valence-electron chi connectivity index (χ1n) is 4.82. The molecule has 2 aromatic rings. The number of halogens is 1. The van der Waals surface area contributed by atoms with Crippen LogP contribution in [0.5, 0.6) is 0 Å². The third-order valence-corrected chi connectivity index (χ3v) is 2.64. The number of rotatable bonds is 2. The van der Waals surface area contributed by atoms with Crippen molar-refractivity contribution in [3.05, 3.63) is 55.5 Å². The Morgan fingerprint density at radius 1 is 1.33 bits per heavy atom. The molecule has 0 aliphatic rings. The quantitative estimate of drug-likeness (QED) is 0.701. The Morgan fingerprint density at radius 2 is 2.11 bits per heavy atom. The molecule has 8 heteroatoms. The molecule has 18 heavy (non-hydrogen) atoms. The van der Waals surface area contributed by atoms with Crippen molar-refractivity contribution in [3.8, 4) is 0 Å². The molecule has 0 fully saturated rings. The predicted octanol–water partition coefficient (Wildman–Crippen LogP) is 0.473. The van der Waals surface area contributed by atoms with Gasteiger partial charge in [-0.05, 0) is 28.1 Å². The van der Waals surface area contributed by atoms with Crippen LogP contribution >= 0.6 is 15.9 Å². The standard InChI is InChI=1S/C10H7BrN4O3/c11-8-5(2-1-3-12-8)13-9(17)6-4-7(16)15-10(18)14-6/h1-4H,(H,13,17)(H2,14,15,16,18). The van der Waals surface area contributed by atoms with Crippen molar-refractivity contribution in [3.63, 3.8) is 0 Å². The Morgan fingerprint density at radius 3 is 2.78 bits per heavy atom. The SMILES string of the molecule is O=C(Nc1cccnc1Br)c1cc(=O)[nH]c(=O)[nH]1. The zero-order chi connectivity index (χ0) is 13.1. The monoisotopic (exact) mass is 310 g/mol. The molecule has 92 valence electrons. The van der Waals surface area contributed by atoms with Crippen molar-refractivity contribution < 1.29 is 4.79 Å². The highest BCUT2D eigenvalue weighted by molar-refractivity contribution is 9.10. The van der Waals surface area contributed by atoms with Crippen LogP contribution in [0.1, 0.15) is 10.5 Å². The number of aromatic amines is 2. The van der Waals surface area contributed by atoms with Gasteiger partial charge in [0.1, 0.15) is 10.3 Å². The van der Waals surface area contributed by atoms with E-state index in [1.807, 2.05) is 4.98 Å². The maximum Gasteiger partial charge on any atom is 0.326 e. The fraction of sp³-hybridized carbons (Fsp3) is 0. The number of nitrogens with zero attached hydrogens (tertiary/aromatic N) is 1. The number of hydrogen-bond donors (Lipinski definition) is 3. The molecule has 7 nitrogen and oxygen atoms in total. The van der Waals surface area contributed by atoms with Gasteiger partial charge in [-0.2, -0.15) is 0 Å². The second-order valence-electron chi connectivity index (χ2n) is 3.30. The first-order valence-corrected chi connectivity index (χ1v) is 5.61. The molecular weight excluding hydrogens is 304 g/mol. The number of carbonyl (C=O) groups excluding carboxylic acids is 1. The normalized spacial score (nSPS) is 10.1. The summed E-state index contributed by atoms with van der Waals surface area (Å²) in [4.78, 5) is 42.0. The summed E-state index contributed by atoms with van der Waals surface area (Å²) in [6.45, 7) is 0. The molecule has 0 atom stereocenters. The zero-order valence-corrected chi connectivity index (χ0v) is 10.4. The van der Waals surface area contributed by atoms with Crippen molar-refractivity contribution in [2.45, 2.75) is 0 Å². The molecule has 0 radical (unpaired) electrons. The second-order valence-corrected chi connectivity index (χ2v) is 4.05. The van der Waals surface area contributed by atoms with Crippen LogP contribution in [0.4, 0.5) is 5.69 Å². The van der Waals surface area contributed by atoms with E-state index in [1.165, 1.54) is 0 Å². The van der Waals surface area contributed by atoms with Crippen LogP contribution in [0.25, 0.3) is 0 Å². The van der Waals surface area contributed by atoms with E-state index in [2.05, 4.69) is 31.2 Å². The first kappa shape index (κ1) is 12.2. The summed E-state index contributed by atoms with van der Waals surface area (Å²) in [6, 6.07) is 4.27. The Labute approximate surface area is 108 Å². The minimum absolute atomic E-state index is 0.125. The van der Waals surface area contributed by atoms with E-state index in [4.69, 9.17) is 0 Å². The molecular formula is C10H7BrN4O3. The highest BCUT2D eigenvalue weighted by Gasteiger charge is 2.10. The summed E-state index contributed by atoms with van der Waals surface area (Å²) in [5.41, 5.74) is -1.07. The Kier molecular flexibility index (Phi) is 3.38. The van der Waals surface area contributed by atoms with Gasteiger partial charge in [-0.3, -0.25) is 14.6 Å². The first-order chi connectivity index (χ1) is 8.56. The molecule has 0 saturated heterocycles. The van der Waals surface area contributed by atoms with Gasteiger partial charge in [0.15, 0.2) is 0 Å². The lowest BCUT2D eigenvalue weighted by molar-refractivity contribution is 0.102. The predicted molar refractivity (Wildman–Crippen MR) is 67.6 cm³/mol. The lowest BCUT2D eigenvalue weighted by atomic mass is 10.3. The van der Waals surface area contributed by atoms with Crippen molar-refractivity contribution >= 4 is 27.5 Å². The van der Waals surface area contributed by atoms with Crippen LogP contribution in [-0.2, 0) is 0 Å². The molecule has 0 aromatic carbocycles. The zero-order valence-electron chi connectivity index (χ0n) is 8.86. The third-order valence-electron chi connectivity index (χ3n) is 2.01. The molecule has 3 N–H and O–H groups in total. The van der Waals surface area contributed by atoms with E-state index in [0.717, 1.165) is 6.07 Å². The largest absolute Gasteiger partial charge is 0.326 e. The van der Waals surface area contributed by atoms with E-state index >= 15 is 0 Å². The topological polar surface area (TPSA) is 108 Å². The molecule has 2 rings (SSSR count). The minimum atomic E-state index is -0.738. The summed E-state index contributed by atoms with van der Waals surface area (Å²) in [7, 11) is 0. The molecule has 0 unspecified atom stereocenters. The van der Waals surface area contributed by atoms with Gasteiger partial charge in [0, 0.05) is 12.3 Å². The fourth-order valence-electron chi connectivity index (χ4n) is 1.26. The maximum atomic E-state index is 11.8. The van der Waals surface area contributed by atoms with Crippen LogP contribution < -0.4 is 16.6 Å². The van der Waals surface area contributed by atoms with Gasteiger partial charge < -0.3 is 10.3 Å². The third kappa shape index (κ3) is 2.72. The summed E-state index contributed by atoms with van der Waals surface area (Å²) in [6.07, 6.45) is 1.55. The van der Waals surface area contributed by atoms with E-state index < -0.39 is 17.2 Å². The van der Waals surface area contributed by atoms with Crippen LogP contribution in [0.15, 0.2) is 38.6 Å². The number of nitrogens with one attached hydrogen (secondary N) is 3. The van der Waals surface area contributed by atoms with Crippen LogP contribution in [0.3, 0.4) is 0 Å². The van der Waals surface area contributed by atoms with Crippen LogP contribution in [0, 0.1) is 0 Å². The molecule has 2 aromatic heterocycles. The highest BCUT2D eigenvalue weighted by Crippen LogP contribution is 2.18. The number of pyridine rings is 1. The number of amides is 1. The second kappa shape index (κ2) is 4.96. The molecule has 2 heterocycles. The highest BCUT2D eigenvalue weighted by atomic mass is 79.9. The van der Waals surface area contributed by atoms with Crippen molar-refractivity contribution in [1.82, 2.24) is 15.0 Å². The summed E-state index contributed by atoms with van der Waals surface area (Å²) in [5, 5.41) is 2.51. The van der Waals surface area contributed by atoms with Gasteiger partial charge in [-0.1, -0.05) is 0 Å². The molecule has 0 saturated carbocycles. The van der Waals surface area contributed by atoms with Crippen LogP contribution in [-0.4, -0.2) is 20.9 Å². The lowest BCUT2D eigenvalue weighted by Crippen LogP contribution is -2.27. The smallest absolute Gasteiger partial charge is 0.318 e. The van der Waals surface area contributed by atoms with Gasteiger partial charge in [0.2, 0.25) is 0 Å². The number of aromatic nitrogens is 3. The van der Waals surface area contributed by atoms with Gasteiger partial charge in [-0.15, -0.1) is 0 Å². The average Bonchev–Trinajstić information content (AvgIpc) is 2.31. The summed E-state index contributed by atoms with van der Waals surface area (Å²) in [5.74, 6) is -0.605. The molecule has 0 bridgehead atoms. The Hall–Kier alpha value is -2.22. The van der Waals surface area contributed by atoms with E-state index in [1.54, 1.807) is 18.3 Å². The molecule has 0 aliphatic heterocycles. The molecule has 0 aliphatic carbocycles. The van der Waals surface area contributed by atoms with E-state index in [9.17, 15) is 14.4 Å². The Bertz CT molecular complexity index is 678. The number of carbonyl (C=O) groups is 1. The van der Waals surface area contributed by atoms with E-state index in [-0.39, 0.29) is 5.69 Å². The minimum Gasteiger partial charge on any atom is -0.318 e. The summed E-state index contributed by atoms with van der Waals surface area (Å²) >= 11 is 3.16. The van der Waals surface area contributed by atoms with Crippen molar-refractivity contribution in [2.75, 3.05) is 5.32 Å². The average molecular weight is 311 g/mol. The van der Waals surface area contributed by atoms with Crippen molar-refractivity contribution in [2.24, 2.45) is 0 Å².